The lowest BCUT2D eigenvalue weighted by molar-refractivity contribution is -0.323. The van der Waals surface area contributed by atoms with Crippen LogP contribution in [0.15, 0.2) is 48.5 Å². The molecule has 2 aromatic carbocycles. The van der Waals surface area contributed by atoms with Gasteiger partial charge in [-0.2, -0.15) is 0 Å². The fourth-order valence-electron chi connectivity index (χ4n) is 3.46. The third kappa shape index (κ3) is 2.18. The van der Waals surface area contributed by atoms with Crippen LogP contribution in [0.25, 0.3) is 0 Å². The van der Waals surface area contributed by atoms with Crippen LogP contribution < -0.4 is 9.47 Å². The van der Waals surface area contributed by atoms with Gasteiger partial charge in [-0.05, 0) is 12.1 Å². The zero-order chi connectivity index (χ0) is 18.1. The second-order valence-electron chi connectivity index (χ2n) is 5.50. The number of rotatable bonds is 5. The van der Waals surface area contributed by atoms with Gasteiger partial charge in [0.15, 0.2) is 0 Å². The highest BCUT2D eigenvalue weighted by Gasteiger charge is 2.67. The summed E-state index contributed by atoms with van der Waals surface area (Å²) >= 11 is 0. The molecule has 6 heteroatoms. The predicted molar refractivity (Wildman–Crippen MR) is 89.5 cm³/mol. The SMILES string of the molecule is COc1cccc2c1C(OC)(OC)C(OC)(c1ccccc1)C(=O)O2. The summed E-state index contributed by atoms with van der Waals surface area (Å²) in [6.45, 7) is 0. The van der Waals surface area contributed by atoms with Crippen molar-refractivity contribution in [3.63, 3.8) is 0 Å². The van der Waals surface area contributed by atoms with Gasteiger partial charge in [0.1, 0.15) is 11.5 Å². The molecule has 0 radical (unpaired) electrons. The summed E-state index contributed by atoms with van der Waals surface area (Å²) in [5, 5.41) is 0. The number of ether oxygens (including phenoxy) is 5. The van der Waals surface area contributed by atoms with E-state index < -0.39 is 17.4 Å². The molecule has 25 heavy (non-hydrogen) atoms. The van der Waals surface area contributed by atoms with E-state index in [0.717, 1.165) is 0 Å². The van der Waals surface area contributed by atoms with Gasteiger partial charge >= 0.3 is 5.97 Å². The van der Waals surface area contributed by atoms with Crippen molar-refractivity contribution in [2.75, 3.05) is 28.4 Å². The summed E-state index contributed by atoms with van der Waals surface area (Å²) in [6.07, 6.45) is 0. The summed E-state index contributed by atoms with van der Waals surface area (Å²) in [4.78, 5) is 13.1. The van der Waals surface area contributed by atoms with Crippen LogP contribution in [0.2, 0.25) is 0 Å². The highest BCUT2D eigenvalue weighted by atomic mass is 16.7. The lowest BCUT2D eigenvalue weighted by Crippen LogP contribution is -2.62. The summed E-state index contributed by atoms with van der Waals surface area (Å²) in [5.74, 6) is -1.46. The molecule has 3 rings (SSSR count). The van der Waals surface area contributed by atoms with Crippen LogP contribution in [0.3, 0.4) is 0 Å². The Hall–Kier alpha value is -2.41. The van der Waals surface area contributed by atoms with E-state index in [1.54, 1.807) is 42.5 Å². The Kier molecular flexibility index (Phi) is 4.51. The zero-order valence-electron chi connectivity index (χ0n) is 14.6. The minimum atomic E-state index is -1.67. The molecule has 0 aliphatic carbocycles. The van der Waals surface area contributed by atoms with E-state index in [1.807, 2.05) is 6.07 Å². The molecule has 1 aliphatic heterocycles. The molecule has 0 saturated heterocycles. The Bertz CT molecular complexity index is 769. The monoisotopic (exact) mass is 344 g/mol. The number of methoxy groups -OCH3 is 4. The quantitative estimate of drug-likeness (QED) is 0.472. The van der Waals surface area contributed by atoms with Gasteiger partial charge in [0.25, 0.3) is 0 Å². The molecule has 0 aromatic heterocycles. The highest BCUT2D eigenvalue weighted by Crippen LogP contribution is 2.55. The van der Waals surface area contributed by atoms with Gasteiger partial charge < -0.3 is 23.7 Å². The van der Waals surface area contributed by atoms with Crippen LogP contribution in [0, 0.1) is 0 Å². The first kappa shape index (κ1) is 17.4. The van der Waals surface area contributed by atoms with Crippen molar-refractivity contribution in [3.05, 3.63) is 59.7 Å². The summed E-state index contributed by atoms with van der Waals surface area (Å²) < 4.78 is 28.4. The molecule has 1 atom stereocenters. The highest BCUT2D eigenvalue weighted by molar-refractivity contribution is 5.88. The number of esters is 1. The Morgan fingerprint density at radius 1 is 0.840 bits per heavy atom. The van der Waals surface area contributed by atoms with Crippen LogP contribution in [-0.2, 0) is 30.4 Å². The third-order valence-corrected chi connectivity index (χ3v) is 4.55. The van der Waals surface area contributed by atoms with Crippen molar-refractivity contribution in [2.45, 2.75) is 11.4 Å². The topological polar surface area (TPSA) is 63.2 Å². The molecule has 0 spiro atoms. The van der Waals surface area contributed by atoms with E-state index >= 15 is 0 Å². The minimum Gasteiger partial charge on any atom is -0.496 e. The maximum absolute atomic E-state index is 13.1. The fourth-order valence-corrected chi connectivity index (χ4v) is 3.46. The molecule has 2 aromatic rings. The van der Waals surface area contributed by atoms with Crippen molar-refractivity contribution < 1.29 is 28.5 Å². The Morgan fingerprint density at radius 2 is 1.52 bits per heavy atom. The smallest absolute Gasteiger partial charge is 0.354 e. The average Bonchev–Trinajstić information content (AvgIpc) is 2.67. The van der Waals surface area contributed by atoms with Crippen LogP contribution in [0.5, 0.6) is 11.5 Å². The summed E-state index contributed by atoms with van der Waals surface area (Å²) in [6, 6.07) is 14.1. The first-order valence-corrected chi connectivity index (χ1v) is 7.72. The molecule has 1 aliphatic rings. The van der Waals surface area contributed by atoms with E-state index in [2.05, 4.69) is 0 Å². The first-order valence-electron chi connectivity index (χ1n) is 7.72. The van der Waals surface area contributed by atoms with Crippen LogP contribution in [0.4, 0.5) is 0 Å². The number of carbonyl (C=O) groups excluding carboxylic acids is 1. The van der Waals surface area contributed by atoms with Gasteiger partial charge in [-0.1, -0.05) is 36.4 Å². The van der Waals surface area contributed by atoms with Gasteiger partial charge in [-0.15, -0.1) is 0 Å². The second-order valence-corrected chi connectivity index (χ2v) is 5.50. The fraction of sp³-hybridized carbons (Fsp3) is 0.316. The van der Waals surface area contributed by atoms with Crippen LogP contribution in [0.1, 0.15) is 11.1 Å². The number of benzene rings is 2. The van der Waals surface area contributed by atoms with E-state index in [4.69, 9.17) is 23.7 Å². The molecular formula is C19H20O6. The summed E-state index contributed by atoms with van der Waals surface area (Å²) in [7, 11) is 5.85. The first-order chi connectivity index (χ1) is 12.1. The van der Waals surface area contributed by atoms with Crippen molar-refractivity contribution in [1.82, 2.24) is 0 Å². The van der Waals surface area contributed by atoms with Crippen molar-refractivity contribution in [2.24, 2.45) is 0 Å². The average molecular weight is 344 g/mol. The van der Waals surface area contributed by atoms with Crippen LogP contribution >= 0.6 is 0 Å². The van der Waals surface area contributed by atoms with E-state index in [1.165, 1.54) is 28.4 Å². The zero-order valence-corrected chi connectivity index (χ0v) is 14.6. The Morgan fingerprint density at radius 3 is 2.08 bits per heavy atom. The van der Waals surface area contributed by atoms with Crippen LogP contribution in [-0.4, -0.2) is 34.4 Å². The second kappa shape index (κ2) is 6.48. The normalized spacial score (nSPS) is 21.4. The lowest BCUT2D eigenvalue weighted by atomic mass is 9.78. The van der Waals surface area contributed by atoms with Gasteiger partial charge in [0.2, 0.25) is 11.4 Å². The Balaban J connectivity index is 2.41. The molecule has 0 saturated carbocycles. The van der Waals surface area contributed by atoms with E-state index in [0.29, 0.717) is 22.6 Å². The van der Waals surface area contributed by atoms with Crippen molar-refractivity contribution >= 4 is 5.97 Å². The number of hydrogen-bond donors (Lipinski definition) is 0. The predicted octanol–water partition coefficient (Wildman–Crippen LogP) is 2.60. The van der Waals surface area contributed by atoms with Crippen molar-refractivity contribution in [3.8, 4) is 11.5 Å². The van der Waals surface area contributed by atoms with E-state index in [-0.39, 0.29) is 0 Å². The van der Waals surface area contributed by atoms with E-state index in [9.17, 15) is 4.79 Å². The van der Waals surface area contributed by atoms with Crippen molar-refractivity contribution in [1.29, 1.82) is 0 Å². The molecule has 1 unspecified atom stereocenters. The van der Waals surface area contributed by atoms with Gasteiger partial charge in [-0.25, -0.2) is 4.79 Å². The maximum Gasteiger partial charge on any atom is 0.354 e. The molecule has 0 amide bonds. The standard InChI is InChI=1S/C19H20O6/c1-21-14-11-8-12-15-16(14)19(23-3,24-4)18(22-2,17(20)25-15)13-9-6-5-7-10-13/h5-12H,1-4H3. The molecule has 0 bridgehead atoms. The van der Waals surface area contributed by atoms with Gasteiger partial charge in [0.05, 0.1) is 12.7 Å². The number of fused-ring (bicyclic) bond motifs is 1. The maximum atomic E-state index is 13.1. The number of hydrogen-bond acceptors (Lipinski definition) is 6. The third-order valence-electron chi connectivity index (χ3n) is 4.55. The van der Waals surface area contributed by atoms with Gasteiger partial charge in [-0.3, -0.25) is 0 Å². The molecule has 1 heterocycles. The molecule has 6 nitrogen and oxygen atoms in total. The molecule has 132 valence electrons. The largest absolute Gasteiger partial charge is 0.496 e. The minimum absolute atomic E-state index is 0.302. The molecular weight excluding hydrogens is 324 g/mol. The number of carbonyl (C=O) groups is 1. The molecule has 0 N–H and O–H groups in total. The molecule has 0 fully saturated rings. The Labute approximate surface area is 146 Å². The lowest BCUT2D eigenvalue weighted by Gasteiger charge is -2.48. The van der Waals surface area contributed by atoms with Gasteiger partial charge in [0, 0.05) is 26.9 Å². The summed E-state index contributed by atoms with van der Waals surface area (Å²) in [5.41, 5.74) is -0.671.